The largest absolute Gasteiger partial charge is 0.383 e. The van der Waals surface area contributed by atoms with Gasteiger partial charge in [0.15, 0.2) is 0 Å². The summed E-state index contributed by atoms with van der Waals surface area (Å²) in [5.41, 5.74) is 9.62. The van der Waals surface area contributed by atoms with Crippen molar-refractivity contribution in [2.75, 3.05) is 5.73 Å². The Balaban J connectivity index is 1.95. The van der Waals surface area contributed by atoms with Gasteiger partial charge in [-0.05, 0) is 46.8 Å². The maximum absolute atomic E-state index is 5.90. The highest BCUT2D eigenvalue weighted by molar-refractivity contribution is 9.10. The van der Waals surface area contributed by atoms with Crippen molar-refractivity contribution < 1.29 is 0 Å². The molecule has 0 spiro atoms. The zero-order valence-corrected chi connectivity index (χ0v) is 11.7. The molecule has 0 aliphatic heterocycles. The van der Waals surface area contributed by atoms with Crippen LogP contribution in [0.15, 0.2) is 28.7 Å². The normalized spacial score (nSPS) is 14.8. The predicted octanol–water partition coefficient (Wildman–Crippen LogP) is 3.01. The number of aryl methyl sites for hydroxylation is 1. The zero-order valence-electron chi connectivity index (χ0n) is 10.2. The maximum atomic E-state index is 5.90. The lowest BCUT2D eigenvalue weighted by Crippen LogP contribution is -2.08. The summed E-state index contributed by atoms with van der Waals surface area (Å²) in [6, 6.07) is 8.54. The van der Waals surface area contributed by atoms with E-state index in [9.17, 15) is 0 Å². The third kappa shape index (κ3) is 1.90. The fourth-order valence-corrected chi connectivity index (χ4v) is 2.71. The zero-order chi connectivity index (χ0) is 12.7. The first-order valence-corrected chi connectivity index (χ1v) is 6.80. The van der Waals surface area contributed by atoms with E-state index in [1.54, 1.807) is 0 Å². The summed E-state index contributed by atoms with van der Waals surface area (Å²) in [7, 11) is 0. The van der Waals surface area contributed by atoms with Gasteiger partial charge in [-0.15, -0.1) is 0 Å². The van der Waals surface area contributed by atoms with Crippen molar-refractivity contribution in [1.29, 1.82) is 0 Å². The first-order valence-electron chi connectivity index (χ1n) is 6.01. The number of fused-ring (bicyclic) bond motifs is 1. The third-order valence-electron chi connectivity index (χ3n) is 3.48. The van der Waals surface area contributed by atoms with Gasteiger partial charge in [-0.1, -0.05) is 24.3 Å². The Labute approximate surface area is 115 Å². The molecule has 1 aromatic carbocycles. The number of nitrogens with two attached hydrogens (primary N) is 1. The molecule has 0 fully saturated rings. The van der Waals surface area contributed by atoms with Crippen LogP contribution < -0.4 is 5.73 Å². The average molecular weight is 304 g/mol. The van der Waals surface area contributed by atoms with Crippen molar-refractivity contribution in [3.63, 3.8) is 0 Å². The van der Waals surface area contributed by atoms with Crippen LogP contribution in [0.25, 0.3) is 0 Å². The minimum Gasteiger partial charge on any atom is -0.383 e. The second-order valence-corrected chi connectivity index (χ2v) is 5.53. The number of nitrogens with zero attached hydrogens (tertiary/aromatic N) is 2. The second kappa shape index (κ2) is 4.35. The Morgan fingerprint density at radius 1 is 1.17 bits per heavy atom. The molecule has 92 valence electrons. The number of hydrogen-bond donors (Lipinski definition) is 1. The van der Waals surface area contributed by atoms with Crippen molar-refractivity contribution in [3.05, 3.63) is 51.4 Å². The van der Waals surface area contributed by atoms with Gasteiger partial charge in [0.2, 0.25) is 0 Å². The molecule has 1 aromatic heterocycles. The smallest absolute Gasteiger partial charge is 0.141 e. The minimum absolute atomic E-state index is 0.358. The van der Waals surface area contributed by atoms with E-state index in [-0.39, 0.29) is 0 Å². The van der Waals surface area contributed by atoms with Crippen LogP contribution >= 0.6 is 15.9 Å². The van der Waals surface area contributed by atoms with E-state index in [4.69, 9.17) is 5.73 Å². The summed E-state index contributed by atoms with van der Waals surface area (Å²) in [4.78, 5) is 8.98. The molecule has 0 unspecified atom stereocenters. The molecule has 0 atom stereocenters. The number of rotatable bonds is 1. The van der Waals surface area contributed by atoms with E-state index >= 15 is 0 Å². The molecule has 1 aliphatic rings. The Kier molecular flexibility index (Phi) is 2.82. The van der Waals surface area contributed by atoms with Crippen LogP contribution in [0.3, 0.4) is 0 Å². The highest BCUT2D eigenvalue weighted by atomic mass is 79.9. The van der Waals surface area contributed by atoms with Crippen molar-refractivity contribution >= 4 is 21.7 Å². The van der Waals surface area contributed by atoms with Gasteiger partial charge in [0, 0.05) is 5.92 Å². The summed E-state index contributed by atoms with van der Waals surface area (Å²) < 4.78 is 0.807. The summed E-state index contributed by atoms with van der Waals surface area (Å²) in [5, 5.41) is 0. The fraction of sp³-hybridized carbons (Fsp3) is 0.286. The molecule has 0 saturated carbocycles. The molecule has 0 radical (unpaired) electrons. The van der Waals surface area contributed by atoms with Crippen LogP contribution in [0.2, 0.25) is 0 Å². The number of aromatic nitrogens is 2. The van der Waals surface area contributed by atoms with E-state index in [0.717, 1.165) is 28.8 Å². The molecule has 0 saturated heterocycles. The van der Waals surface area contributed by atoms with Gasteiger partial charge in [0.1, 0.15) is 11.6 Å². The van der Waals surface area contributed by atoms with E-state index in [2.05, 4.69) is 50.2 Å². The Morgan fingerprint density at radius 3 is 2.33 bits per heavy atom. The summed E-state index contributed by atoms with van der Waals surface area (Å²) in [6.45, 7) is 1.95. The number of benzene rings is 1. The number of hydrogen-bond acceptors (Lipinski definition) is 3. The fourth-order valence-electron chi connectivity index (χ4n) is 2.53. The predicted molar refractivity (Wildman–Crippen MR) is 75.5 cm³/mol. The van der Waals surface area contributed by atoms with Gasteiger partial charge < -0.3 is 5.73 Å². The Hall–Kier alpha value is -1.42. The van der Waals surface area contributed by atoms with Gasteiger partial charge in [0.25, 0.3) is 0 Å². The average Bonchev–Trinajstić information content (AvgIpc) is 2.79. The number of anilines is 1. The standard InChI is InChI=1S/C14H14BrN3/c1-8-12(15)13(16)18-14(17-8)11-6-9-4-2-3-5-10(9)7-11/h2-5,11H,6-7H2,1H3,(H2,16,17,18). The van der Waals surface area contributed by atoms with Crippen molar-refractivity contribution in [2.24, 2.45) is 0 Å². The molecule has 1 heterocycles. The Morgan fingerprint density at radius 2 is 1.78 bits per heavy atom. The molecular formula is C14H14BrN3. The van der Waals surface area contributed by atoms with E-state index < -0.39 is 0 Å². The Bertz CT molecular complexity index is 562. The number of nitrogen functional groups attached to an aromatic ring is 1. The summed E-state index contributed by atoms with van der Waals surface area (Å²) in [5.74, 6) is 1.76. The van der Waals surface area contributed by atoms with Crippen LogP contribution in [-0.4, -0.2) is 9.97 Å². The van der Waals surface area contributed by atoms with Crippen LogP contribution in [0.5, 0.6) is 0 Å². The molecule has 2 aromatic rings. The summed E-state index contributed by atoms with van der Waals surface area (Å²) >= 11 is 3.40. The minimum atomic E-state index is 0.358. The van der Waals surface area contributed by atoms with Crippen LogP contribution in [0.1, 0.15) is 28.6 Å². The van der Waals surface area contributed by atoms with E-state index in [1.807, 2.05) is 6.92 Å². The van der Waals surface area contributed by atoms with Gasteiger partial charge in [-0.3, -0.25) is 0 Å². The highest BCUT2D eigenvalue weighted by Gasteiger charge is 2.25. The second-order valence-electron chi connectivity index (χ2n) is 4.74. The van der Waals surface area contributed by atoms with Crippen LogP contribution in [-0.2, 0) is 12.8 Å². The van der Waals surface area contributed by atoms with Crippen molar-refractivity contribution in [2.45, 2.75) is 25.7 Å². The van der Waals surface area contributed by atoms with Gasteiger partial charge in [-0.2, -0.15) is 0 Å². The molecular weight excluding hydrogens is 290 g/mol. The molecule has 3 rings (SSSR count). The maximum Gasteiger partial charge on any atom is 0.141 e. The van der Waals surface area contributed by atoms with Gasteiger partial charge >= 0.3 is 0 Å². The van der Waals surface area contributed by atoms with Crippen LogP contribution in [0, 0.1) is 6.92 Å². The van der Waals surface area contributed by atoms with Gasteiger partial charge in [0.05, 0.1) is 10.2 Å². The highest BCUT2D eigenvalue weighted by Crippen LogP contribution is 2.33. The quantitative estimate of drug-likeness (QED) is 0.881. The molecule has 3 nitrogen and oxygen atoms in total. The van der Waals surface area contributed by atoms with Crippen LogP contribution in [0.4, 0.5) is 5.82 Å². The first-order chi connectivity index (χ1) is 8.65. The number of halogens is 1. The monoisotopic (exact) mass is 303 g/mol. The third-order valence-corrected chi connectivity index (χ3v) is 4.46. The molecule has 1 aliphatic carbocycles. The molecule has 18 heavy (non-hydrogen) atoms. The van der Waals surface area contributed by atoms with Crippen molar-refractivity contribution in [3.8, 4) is 0 Å². The topological polar surface area (TPSA) is 51.8 Å². The van der Waals surface area contributed by atoms with Gasteiger partial charge in [-0.25, -0.2) is 9.97 Å². The molecule has 2 N–H and O–H groups in total. The van der Waals surface area contributed by atoms with E-state index in [0.29, 0.717) is 11.7 Å². The molecule has 4 heteroatoms. The SMILES string of the molecule is Cc1nc(C2Cc3ccccc3C2)nc(N)c1Br. The van der Waals surface area contributed by atoms with E-state index in [1.165, 1.54) is 11.1 Å². The summed E-state index contributed by atoms with van der Waals surface area (Å²) in [6.07, 6.45) is 2.02. The lowest BCUT2D eigenvalue weighted by molar-refractivity contribution is 0.678. The lowest BCUT2D eigenvalue weighted by atomic mass is 10.1. The first kappa shape index (κ1) is 11.7. The lowest BCUT2D eigenvalue weighted by Gasteiger charge is -2.10. The molecule has 0 bridgehead atoms. The molecule has 0 amide bonds. The van der Waals surface area contributed by atoms with Crippen molar-refractivity contribution in [1.82, 2.24) is 9.97 Å².